The van der Waals surface area contributed by atoms with Crippen LogP contribution in [0, 0.1) is 0 Å². The van der Waals surface area contributed by atoms with E-state index in [1.807, 2.05) is 0 Å². The van der Waals surface area contributed by atoms with Crippen molar-refractivity contribution in [3.05, 3.63) is 267 Å². The molecule has 0 N–H and O–H groups in total. The van der Waals surface area contributed by atoms with Crippen molar-refractivity contribution in [1.29, 1.82) is 0 Å². The predicted octanol–water partition coefficient (Wildman–Crippen LogP) is 20.5. The molecule has 0 bridgehead atoms. The first kappa shape index (κ1) is 41.2. The molecule has 0 unspecified atom stereocenters. The van der Waals surface area contributed by atoms with Crippen molar-refractivity contribution in [2.75, 3.05) is 0 Å². The van der Waals surface area contributed by atoms with E-state index in [9.17, 15) is 0 Å². The number of fused-ring (bicyclic) bond motifs is 9. The third kappa shape index (κ3) is 6.63. The maximum atomic E-state index is 6.62. The van der Waals surface area contributed by atoms with E-state index < -0.39 is 0 Å². The minimum Gasteiger partial charge on any atom is -0.455 e. The molecular weight excluding hydrogens is 881 g/mol. The van der Waals surface area contributed by atoms with Crippen LogP contribution in [-0.4, -0.2) is 0 Å². The Bertz CT molecular complexity index is 4600. The lowest BCUT2D eigenvalue weighted by Gasteiger charge is -2.18. The van der Waals surface area contributed by atoms with Gasteiger partial charge in [-0.1, -0.05) is 231 Å². The molecule has 0 amide bonds. The van der Waals surface area contributed by atoms with Crippen LogP contribution in [-0.2, 0) is 0 Å². The smallest absolute Gasteiger partial charge is 0.143 e. The highest BCUT2D eigenvalue weighted by Gasteiger charge is 2.20. The van der Waals surface area contributed by atoms with Crippen LogP contribution in [0.3, 0.4) is 0 Å². The van der Waals surface area contributed by atoms with Gasteiger partial charge in [-0.2, -0.15) is 0 Å². The molecule has 1 heteroatoms. The highest BCUT2D eigenvalue weighted by molar-refractivity contribution is 6.24. The van der Waals surface area contributed by atoms with Crippen LogP contribution in [0.25, 0.3) is 153 Å². The molecule has 0 aliphatic carbocycles. The van der Waals surface area contributed by atoms with Crippen molar-refractivity contribution in [3.8, 4) is 66.8 Å². The van der Waals surface area contributed by atoms with Gasteiger partial charge in [0.1, 0.15) is 11.2 Å². The molecule has 1 heterocycles. The molecule has 1 nitrogen and oxygen atoms in total. The Morgan fingerprint density at radius 3 is 0.959 bits per heavy atom. The molecular formula is C72H44O. The van der Waals surface area contributed by atoms with Gasteiger partial charge in [0, 0.05) is 16.3 Å². The highest BCUT2D eigenvalue weighted by Crippen LogP contribution is 2.47. The SMILES string of the molecule is c1ccc(-c2c3ccccc3c(-c3ccc4cc(-c5ccc6cc(-c7c8ccccc8c(-c8ccc9oc%10c(-c%11ccccc%11)cccc%10c9c8)c8ccccc78)ccc6c5)ccc4c3)c3ccccc23)cc1. The van der Waals surface area contributed by atoms with Gasteiger partial charge < -0.3 is 4.42 Å². The fraction of sp³-hybridized carbons (Fsp3) is 0. The van der Waals surface area contributed by atoms with E-state index in [4.69, 9.17) is 4.42 Å². The third-order valence-electron chi connectivity index (χ3n) is 15.4. The number of para-hydroxylation sites is 1. The lowest BCUT2D eigenvalue weighted by atomic mass is 9.85. The first-order valence-corrected chi connectivity index (χ1v) is 25.2. The Morgan fingerprint density at radius 1 is 0.192 bits per heavy atom. The van der Waals surface area contributed by atoms with Crippen LogP contribution in [0.15, 0.2) is 271 Å². The van der Waals surface area contributed by atoms with E-state index in [0.717, 1.165) is 33.1 Å². The molecule has 15 aromatic rings. The fourth-order valence-electron chi connectivity index (χ4n) is 12.1. The minimum absolute atomic E-state index is 0.894. The van der Waals surface area contributed by atoms with E-state index in [-0.39, 0.29) is 0 Å². The van der Waals surface area contributed by atoms with E-state index in [1.165, 1.54) is 120 Å². The van der Waals surface area contributed by atoms with Gasteiger partial charge in [-0.15, -0.1) is 0 Å². The minimum atomic E-state index is 0.894. The van der Waals surface area contributed by atoms with Crippen molar-refractivity contribution in [3.63, 3.8) is 0 Å². The van der Waals surface area contributed by atoms with E-state index in [0.29, 0.717) is 0 Å². The zero-order valence-corrected chi connectivity index (χ0v) is 39.8. The second kappa shape index (κ2) is 16.5. The summed E-state index contributed by atoms with van der Waals surface area (Å²) in [6.45, 7) is 0. The van der Waals surface area contributed by atoms with Gasteiger partial charge in [0.25, 0.3) is 0 Å². The molecule has 338 valence electrons. The van der Waals surface area contributed by atoms with Crippen LogP contribution < -0.4 is 0 Å². The number of furan rings is 1. The summed E-state index contributed by atoms with van der Waals surface area (Å²) < 4.78 is 6.62. The fourth-order valence-corrected chi connectivity index (χ4v) is 12.1. The highest BCUT2D eigenvalue weighted by atomic mass is 16.3. The molecule has 14 aromatic carbocycles. The first-order chi connectivity index (χ1) is 36.2. The molecule has 0 aliphatic heterocycles. The van der Waals surface area contributed by atoms with Crippen molar-refractivity contribution in [2.45, 2.75) is 0 Å². The summed E-state index contributed by atoms with van der Waals surface area (Å²) >= 11 is 0. The van der Waals surface area contributed by atoms with Crippen molar-refractivity contribution in [1.82, 2.24) is 0 Å². The third-order valence-corrected chi connectivity index (χ3v) is 15.4. The largest absolute Gasteiger partial charge is 0.455 e. The van der Waals surface area contributed by atoms with Crippen LogP contribution in [0.5, 0.6) is 0 Å². The number of benzene rings is 14. The van der Waals surface area contributed by atoms with Crippen LogP contribution >= 0.6 is 0 Å². The Balaban J connectivity index is 0.799. The average molecular weight is 925 g/mol. The molecule has 0 aliphatic rings. The van der Waals surface area contributed by atoms with Crippen LogP contribution in [0.2, 0.25) is 0 Å². The average Bonchev–Trinajstić information content (AvgIpc) is 3.84. The van der Waals surface area contributed by atoms with Crippen LogP contribution in [0.1, 0.15) is 0 Å². The maximum Gasteiger partial charge on any atom is 0.143 e. The van der Waals surface area contributed by atoms with Gasteiger partial charge >= 0.3 is 0 Å². The summed E-state index contributed by atoms with van der Waals surface area (Å²) in [5.74, 6) is 0. The van der Waals surface area contributed by atoms with E-state index >= 15 is 0 Å². The second-order valence-corrected chi connectivity index (χ2v) is 19.5. The molecule has 0 fully saturated rings. The Hall–Kier alpha value is -9.56. The lowest BCUT2D eigenvalue weighted by molar-refractivity contribution is 0.670. The maximum absolute atomic E-state index is 6.62. The van der Waals surface area contributed by atoms with Gasteiger partial charge in [0.2, 0.25) is 0 Å². The molecule has 73 heavy (non-hydrogen) atoms. The zero-order valence-electron chi connectivity index (χ0n) is 39.8. The Morgan fingerprint density at radius 2 is 0.521 bits per heavy atom. The molecule has 0 saturated heterocycles. The summed E-state index contributed by atoms with van der Waals surface area (Å²) in [5, 5.41) is 17.2. The molecule has 1 aromatic heterocycles. The van der Waals surface area contributed by atoms with Crippen molar-refractivity contribution in [2.24, 2.45) is 0 Å². The normalized spacial score (nSPS) is 11.8. The lowest BCUT2D eigenvalue weighted by Crippen LogP contribution is -1.91. The second-order valence-electron chi connectivity index (χ2n) is 19.5. The van der Waals surface area contributed by atoms with E-state index in [1.54, 1.807) is 0 Å². The summed E-state index contributed by atoms with van der Waals surface area (Å²) in [4.78, 5) is 0. The summed E-state index contributed by atoms with van der Waals surface area (Å²) in [5.41, 5.74) is 16.4. The monoisotopic (exact) mass is 924 g/mol. The topological polar surface area (TPSA) is 13.1 Å². The molecule has 0 spiro atoms. The summed E-state index contributed by atoms with van der Waals surface area (Å²) in [6, 6.07) is 98.0. The predicted molar refractivity (Wildman–Crippen MR) is 311 cm³/mol. The standard InChI is InChI=1S/C72H44O/c1-3-16-45(17-4-1)56-28-15-29-65-66-44-55(38-39-67(66)73-72(56)65)71-63-26-13-11-24-61(63)70(62-25-12-14-27-64(62)71)54-37-35-50-41-48(31-33-52(50)43-54)47-30-32-51-42-53(36-34-49(51)40-47)69-59-22-9-7-20-57(59)68(46-18-5-2-6-19-46)58-21-8-10-23-60(58)69/h1-44H. The van der Waals surface area contributed by atoms with Gasteiger partial charge in [-0.25, -0.2) is 0 Å². The van der Waals surface area contributed by atoms with Gasteiger partial charge in [0.15, 0.2) is 0 Å². The van der Waals surface area contributed by atoms with Gasteiger partial charge in [-0.05, 0) is 162 Å². The number of hydrogen-bond donors (Lipinski definition) is 0. The number of hydrogen-bond acceptors (Lipinski definition) is 1. The zero-order chi connectivity index (χ0) is 48.0. The van der Waals surface area contributed by atoms with Crippen molar-refractivity contribution < 1.29 is 4.42 Å². The van der Waals surface area contributed by atoms with Crippen LogP contribution in [0.4, 0.5) is 0 Å². The Labute approximate surface area is 422 Å². The quantitative estimate of drug-likeness (QED) is 0.151. The van der Waals surface area contributed by atoms with Crippen molar-refractivity contribution >= 4 is 86.6 Å². The van der Waals surface area contributed by atoms with Gasteiger partial charge in [0.05, 0.1) is 0 Å². The molecule has 0 saturated carbocycles. The molecule has 0 radical (unpaired) electrons. The van der Waals surface area contributed by atoms with E-state index in [2.05, 4.69) is 267 Å². The van der Waals surface area contributed by atoms with Gasteiger partial charge in [-0.3, -0.25) is 0 Å². The Kier molecular flexibility index (Phi) is 9.33. The number of rotatable bonds is 6. The molecule has 0 atom stereocenters. The first-order valence-electron chi connectivity index (χ1n) is 25.2. The summed E-state index contributed by atoms with van der Waals surface area (Å²) in [7, 11) is 0. The molecule has 15 rings (SSSR count). The summed E-state index contributed by atoms with van der Waals surface area (Å²) in [6.07, 6.45) is 0.